The maximum Gasteiger partial charge on any atom is 0.164 e. The number of aromatic nitrogens is 12. The van der Waals surface area contributed by atoms with Gasteiger partial charge in [0.15, 0.2) is 34.9 Å². The zero-order chi connectivity index (χ0) is 98.8. The van der Waals surface area contributed by atoms with Crippen molar-refractivity contribution in [2.24, 2.45) is 0 Å². The molecular weight excluding hydrogens is 1830 g/mol. The standard InChI is InChI=1S/2C69H44N6/c1-4-18-45(19-5-1)67-70-68(46-20-6-2-7-21-46)72-69(71-67)51-24-16-22-47(40-51)48-23-17-27-53(41-48)74-62-32-14-10-28-55(62)58-42-49(34-37-64(58)74)50-35-38-65-59(43-50)56-29-11-15-33-63(56)75(65)54-36-39-66-60(44-54)57-30-12-13-31-61(57)73(66)52-25-8-3-9-26-52;1-4-16-47(17-5-1)67-70-68(48-18-6-2-7-19-48)72-69(71-67)49-30-28-45(29-31-49)46-32-36-53(37-33-46)74-61-25-13-10-22-55(61)58-42-50(34-39-64(58)74)51-35-40-65-59(43-51)56-23-11-15-27-63(56)75(65)54-38-41-66-60(44-54)57-24-12-14-26-62(57)73(66)52-20-8-3-9-21-52/h2*1-44H. The van der Waals surface area contributed by atoms with E-state index >= 15 is 0 Å². The molecule has 30 aromatic rings. The maximum atomic E-state index is 5.03. The van der Waals surface area contributed by atoms with Crippen molar-refractivity contribution in [1.82, 2.24) is 57.3 Å². The van der Waals surface area contributed by atoms with E-state index in [-0.39, 0.29) is 0 Å². The van der Waals surface area contributed by atoms with Gasteiger partial charge in [0.25, 0.3) is 0 Å². The average Bonchev–Trinajstić information content (AvgIpc) is 1.58. The van der Waals surface area contributed by atoms with Gasteiger partial charge in [0.1, 0.15) is 0 Å². The molecule has 0 aliphatic rings. The summed E-state index contributed by atoms with van der Waals surface area (Å²) in [6, 6.07) is 191. The molecule has 12 heteroatoms. The third-order valence-corrected chi connectivity index (χ3v) is 29.8. The second kappa shape index (κ2) is 35.9. The Morgan fingerprint density at radius 2 is 0.267 bits per heavy atom. The second-order valence-corrected chi connectivity index (χ2v) is 38.4. The van der Waals surface area contributed by atoms with Crippen LogP contribution in [0.25, 0.3) is 278 Å². The lowest BCUT2D eigenvalue weighted by Crippen LogP contribution is -2.00. The Bertz CT molecular complexity index is 10500. The smallest absolute Gasteiger partial charge is 0.164 e. The Morgan fingerprint density at radius 1 is 0.0933 bits per heavy atom. The predicted molar refractivity (Wildman–Crippen MR) is 620 cm³/mol. The topological polar surface area (TPSA) is 107 Å². The van der Waals surface area contributed by atoms with E-state index in [1.54, 1.807) is 0 Å². The van der Waals surface area contributed by atoms with Gasteiger partial charge in [-0.15, -0.1) is 0 Å². The van der Waals surface area contributed by atoms with E-state index in [2.05, 4.69) is 440 Å². The zero-order valence-corrected chi connectivity index (χ0v) is 81.2. The number of nitrogens with zero attached hydrogens (tertiary/aromatic N) is 12. The molecule has 0 fully saturated rings. The van der Waals surface area contributed by atoms with Crippen molar-refractivity contribution in [2.75, 3.05) is 0 Å². The Morgan fingerprint density at radius 3 is 0.580 bits per heavy atom. The summed E-state index contributed by atoms with van der Waals surface area (Å²) in [5.41, 5.74) is 35.8. The highest BCUT2D eigenvalue weighted by atomic mass is 15.1. The number of hydrogen-bond donors (Lipinski definition) is 0. The molecule has 0 bridgehead atoms. The van der Waals surface area contributed by atoms with Gasteiger partial charge in [-0.1, -0.05) is 358 Å². The summed E-state index contributed by atoms with van der Waals surface area (Å²) < 4.78 is 14.4. The molecule has 8 aromatic heterocycles. The third-order valence-electron chi connectivity index (χ3n) is 29.8. The quantitative estimate of drug-likeness (QED) is 0.0954. The van der Waals surface area contributed by atoms with Gasteiger partial charge in [-0.05, 0) is 220 Å². The first-order valence-electron chi connectivity index (χ1n) is 50.9. The van der Waals surface area contributed by atoms with Crippen LogP contribution in [0.5, 0.6) is 0 Å². The van der Waals surface area contributed by atoms with Crippen molar-refractivity contribution in [3.05, 3.63) is 534 Å². The normalized spacial score (nSPS) is 11.7. The molecule has 0 aliphatic heterocycles. The molecule has 150 heavy (non-hydrogen) atoms. The van der Waals surface area contributed by atoms with Crippen LogP contribution in [0.2, 0.25) is 0 Å². The van der Waals surface area contributed by atoms with Gasteiger partial charge in [-0.25, -0.2) is 29.9 Å². The molecule has 0 radical (unpaired) electrons. The number of rotatable bonds is 16. The van der Waals surface area contributed by atoms with Gasteiger partial charge in [0.2, 0.25) is 0 Å². The molecule has 0 N–H and O–H groups in total. The van der Waals surface area contributed by atoms with E-state index in [1.807, 2.05) is 121 Å². The van der Waals surface area contributed by atoms with Gasteiger partial charge < -0.3 is 27.4 Å². The molecule has 0 spiro atoms. The van der Waals surface area contributed by atoms with Crippen molar-refractivity contribution >= 4 is 131 Å². The minimum atomic E-state index is 0.630. The highest BCUT2D eigenvalue weighted by molar-refractivity contribution is 6.18. The first kappa shape index (κ1) is 86.3. The fraction of sp³-hybridized carbons (Fsp3) is 0. The molecule has 0 unspecified atom stereocenters. The highest BCUT2D eigenvalue weighted by Crippen LogP contribution is 2.46. The predicted octanol–water partition coefficient (Wildman–Crippen LogP) is 35.0. The average molecular weight is 1910 g/mol. The summed E-state index contributed by atoms with van der Waals surface area (Å²) in [4.78, 5) is 29.7. The molecule has 0 saturated heterocycles. The van der Waals surface area contributed by atoms with Gasteiger partial charge in [-0.2, -0.15) is 0 Å². The van der Waals surface area contributed by atoms with Crippen molar-refractivity contribution in [3.63, 3.8) is 0 Å². The zero-order valence-electron chi connectivity index (χ0n) is 81.2. The van der Waals surface area contributed by atoms with Crippen molar-refractivity contribution < 1.29 is 0 Å². The van der Waals surface area contributed by atoms with Crippen molar-refractivity contribution in [2.45, 2.75) is 0 Å². The Kier molecular flexibility index (Phi) is 20.7. The molecule has 0 atom stereocenters. The summed E-state index contributed by atoms with van der Waals surface area (Å²) in [5, 5.41) is 14.7. The lowest BCUT2D eigenvalue weighted by molar-refractivity contribution is 1.07. The summed E-state index contributed by atoms with van der Waals surface area (Å²) in [5.74, 6) is 3.85. The van der Waals surface area contributed by atoms with Gasteiger partial charge in [0, 0.05) is 132 Å². The Labute approximate surface area is 862 Å². The Balaban J connectivity index is 0.000000141. The molecule has 8 heterocycles. The first-order valence-corrected chi connectivity index (χ1v) is 50.9. The SMILES string of the molecule is c1ccc(-c2nc(-c3ccccc3)nc(-c3ccc(-c4ccc(-n5c6ccccc6c6cc(-c7ccc8c(c7)c7ccccc7n8-c7ccc8c(c7)c7ccccc7n8-c7ccccc7)ccc65)cc4)cc3)n2)cc1.c1ccc(-c2nc(-c3ccccc3)nc(-c3cccc(-c4cccc(-n5c6ccccc6c6cc(-c7ccc8c(c7)c7ccccc7n8-c7ccc8c(c7)c7ccccc7n8-c7ccccc7)ccc65)c4)c3)n2)cc1. The van der Waals surface area contributed by atoms with Crippen LogP contribution in [0.15, 0.2) is 534 Å². The van der Waals surface area contributed by atoms with E-state index in [4.69, 9.17) is 29.9 Å². The van der Waals surface area contributed by atoms with Crippen LogP contribution in [0.1, 0.15) is 0 Å². The summed E-state index contributed by atoms with van der Waals surface area (Å²) in [6.45, 7) is 0. The van der Waals surface area contributed by atoms with Crippen LogP contribution in [0.3, 0.4) is 0 Å². The van der Waals surface area contributed by atoms with Crippen molar-refractivity contribution in [1.29, 1.82) is 0 Å². The largest absolute Gasteiger partial charge is 0.309 e. The fourth-order valence-corrected chi connectivity index (χ4v) is 22.8. The van der Waals surface area contributed by atoms with E-state index in [9.17, 15) is 0 Å². The van der Waals surface area contributed by atoms with E-state index < -0.39 is 0 Å². The number of benzene rings is 22. The molecule has 0 aliphatic carbocycles. The molecule has 0 saturated carbocycles. The highest BCUT2D eigenvalue weighted by Gasteiger charge is 2.26. The van der Waals surface area contributed by atoms with Gasteiger partial charge in [0.05, 0.1) is 66.2 Å². The van der Waals surface area contributed by atoms with Crippen LogP contribution in [-0.4, -0.2) is 57.3 Å². The number of hydrogen-bond acceptors (Lipinski definition) is 6. The summed E-state index contributed by atoms with van der Waals surface area (Å²) in [6.07, 6.45) is 0. The van der Waals surface area contributed by atoms with Crippen molar-refractivity contribution in [3.8, 4) is 147 Å². The number of para-hydroxylation sites is 8. The lowest BCUT2D eigenvalue weighted by Gasteiger charge is -2.12. The van der Waals surface area contributed by atoms with E-state index in [1.165, 1.54) is 142 Å². The fourth-order valence-electron chi connectivity index (χ4n) is 22.8. The lowest BCUT2D eigenvalue weighted by atomic mass is 10.0. The van der Waals surface area contributed by atoms with Crippen LogP contribution >= 0.6 is 0 Å². The molecular formula is C138H88N12. The monoisotopic (exact) mass is 1910 g/mol. The first-order chi connectivity index (χ1) is 74.4. The summed E-state index contributed by atoms with van der Waals surface area (Å²) in [7, 11) is 0. The van der Waals surface area contributed by atoms with Crippen LogP contribution in [0.4, 0.5) is 0 Å². The van der Waals surface area contributed by atoms with Gasteiger partial charge in [-0.3, -0.25) is 0 Å². The molecule has 30 rings (SSSR count). The molecule has 22 aromatic carbocycles. The number of fused-ring (bicyclic) bond motifs is 18. The molecule has 700 valence electrons. The minimum Gasteiger partial charge on any atom is -0.309 e. The summed E-state index contributed by atoms with van der Waals surface area (Å²) >= 11 is 0. The molecule has 0 amide bonds. The van der Waals surface area contributed by atoms with E-state index in [0.29, 0.717) is 34.9 Å². The van der Waals surface area contributed by atoms with Crippen LogP contribution in [0, 0.1) is 0 Å². The van der Waals surface area contributed by atoms with Crippen LogP contribution in [-0.2, 0) is 0 Å². The molecule has 12 nitrogen and oxygen atoms in total. The van der Waals surface area contributed by atoms with E-state index in [0.717, 1.165) is 101 Å². The minimum absolute atomic E-state index is 0.630. The van der Waals surface area contributed by atoms with Gasteiger partial charge >= 0.3 is 0 Å². The second-order valence-electron chi connectivity index (χ2n) is 38.4. The Hall–Kier alpha value is -20.3. The van der Waals surface area contributed by atoms with Crippen LogP contribution < -0.4 is 0 Å². The maximum absolute atomic E-state index is 5.03. The third kappa shape index (κ3) is 14.8.